The van der Waals surface area contributed by atoms with Crippen LogP contribution in [0.2, 0.25) is 0 Å². The molecule has 0 aliphatic carbocycles. The van der Waals surface area contributed by atoms with Gasteiger partial charge in [0.25, 0.3) is 5.91 Å². The first-order chi connectivity index (χ1) is 15.3. The second-order valence-corrected chi connectivity index (χ2v) is 11.0. The number of ether oxygens (including phenoxy) is 1. The molecule has 0 radical (unpaired) electrons. The summed E-state index contributed by atoms with van der Waals surface area (Å²) < 4.78 is 32.5. The maximum absolute atomic E-state index is 12.9. The molecule has 9 heteroatoms. The molecule has 3 rings (SSSR count). The van der Waals surface area contributed by atoms with E-state index in [2.05, 4.69) is 5.32 Å². The Balaban J connectivity index is 1.58. The van der Waals surface area contributed by atoms with Crippen molar-refractivity contribution in [2.45, 2.75) is 48.2 Å². The van der Waals surface area contributed by atoms with Gasteiger partial charge < -0.3 is 10.1 Å². The van der Waals surface area contributed by atoms with E-state index in [-0.39, 0.29) is 4.90 Å². The predicted molar refractivity (Wildman–Crippen MR) is 125 cm³/mol. The fourth-order valence-electron chi connectivity index (χ4n) is 3.34. The topological polar surface area (TPSA) is 92.8 Å². The van der Waals surface area contributed by atoms with Crippen LogP contribution in [0, 0.1) is 6.92 Å². The quantitative estimate of drug-likeness (QED) is 0.460. The summed E-state index contributed by atoms with van der Waals surface area (Å²) in [5.41, 5.74) is 1.10. The minimum Gasteiger partial charge on any atom is -0.455 e. The van der Waals surface area contributed by atoms with E-state index in [1.165, 1.54) is 22.1 Å². The van der Waals surface area contributed by atoms with E-state index in [1.807, 2.05) is 30.3 Å². The fourth-order valence-corrected chi connectivity index (χ4v) is 5.77. The first kappa shape index (κ1) is 24.3. The molecule has 1 N–H and O–H groups in total. The number of benzene rings is 2. The number of nitrogens with zero attached hydrogens (tertiary/aromatic N) is 1. The van der Waals surface area contributed by atoms with Gasteiger partial charge in [-0.15, -0.1) is 11.8 Å². The monoisotopic (exact) mass is 476 g/mol. The second-order valence-electron chi connectivity index (χ2n) is 7.67. The van der Waals surface area contributed by atoms with Crippen molar-refractivity contribution in [1.82, 2.24) is 4.31 Å². The molecule has 1 heterocycles. The third-order valence-electron chi connectivity index (χ3n) is 5.17. The smallest absolute Gasteiger partial charge is 0.319 e. The molecule has 0 spiro atoms. The maximum Gasteiger partial charge on any atom is 0.319 e. The van der Waals surface area contributed by atoms with Gasteiger partial charge in [0.05, 0.1) is 4.90 Å². The molecule has 2 aromatic carbocycles. The van der Waals surface area contributed by atoms with Crippen LogP contribution in [0.15, 0.2) is 58.3 Å². The summed E-state index contributed by atoms with van der Waals surface area (Å²) in [7, 11) is -3.61. The van der Waals surface area contributed by atoms with Crippen LogP contribution in [-0.4, -0.2) is 49.5 Å². The Morgan fingerprint density at radius 3 is 2.47 bits per heavy atom. The Bertz CT molecular complexity index is 1050. The number of piperidine rings is 1. The summed E-state index contributed by atoms with van der Waals surface area (Å²) in [5, 5.41) is 2.20. The molecule has 1 amide bonds. The number of rotatable bonds is 8. The highest BCUT2D eigenvalue weighted by atomic mass is 32.2. The molecule has 2 aromatic rings. The van der Waals surface area contributed by atoms with Gasteiger partial charge in [-0.25, -0.2) is 8.42 Å². The number of carbonyl (C=O) groups excluding carboxylic acids is 2. The Labute approximate surface area is 193 Å². The standard InChI is InChI=1S/C23H28N2O5S2/c1-17-11-12-20(32(28,29)25-13-7-4-8-14-25)15-21(17)24-22(26)16-30-23(27)18(2)31-19-9-5-3-6-10-19/h3,5-6,9-12,15,18H,4,7-8,13-14,16H2,1-2H3,(H,24,26). The van der Waals surface area contributed by atoms with Gasteiger partial charge in [-0.3, -0.25) is 9.59 Å². The molecule has 1 atom stereocenters. The highest BCUT2D eigenvalue weighted by Crippen LogP contribution is 2.26. The number of esters is 1. The number of sulfonamides is 1. The Kier molecular flexibility index (Phi) is 8.33. The normalized spacial score (nSPS) is 15.7. The Morgan fingerprint density at radius 2 is 1.78 bits per heavy atom. The van der Waals surface area contributed by atoms with Crippen LogP contribution in [0.1, 0.15) is 31.7 Å². The number of hydrogen-bond acceptors (Lipinski definition) is 6. The molecular formula is C23H28N2O5S2. The van der Waals surface area contributed by atoms with Crippen molar-refractivity contribution in [3.8, 4) is 0 Å². The van der Waals surface area contributed by atoms with Crippen LogP contribution in [0.3, 0.4) is 0 Å². The first-order valence-electron chi connectivity index (χ1n) is 10.6. The molecule has 1 aliphatic rings. The average Bonchev–Trinajstić information content (AvgIpc) is 2.80. The average molecular weight is 477 g/mol. The van der Waals surface area contributed by atoms with E-state index in [0.717, 1.165) is 29.7 Å². The van der Waals surface area contributed by atoms with Crippen molar-refractivity contribution in [1.29, 1.82) is 0 Å². The lowest BCUT2D eigenvalue weighted by Crippen LogP contribution is -2.35. The minimum atomic E-state index is -3.61. The van der Waals surface area contributed by atoms with Crippen LogP contribution in [0.5, 0.6) is 0 Å². The van der Waals surface area contributed by atoms with Crippen LogP contribution < -0.4 is 5.32 Å². The van der Waals surface area contributed by atoms with Crippen LogP contribution >= 0.6 is 11.8 Å². The van der Waals surface area contributed by atoms with Gasteiger partial charge in [-0.2, -0.15) is 4.31 Å². The van der Waals surface area contributed by atoms with Crippen molar-refractivity contribution >= 4 is 39.3 Å². The number of nitrogens with one attached hydrogen (secondary N) is 1. The largest absolute Gasteiger partial charge is 0.455 e. The molecule has 172 valence electrons. The Morgan fingerprint density at radius 1 is 1.09 bits per heavy atom. The van der Waals surface area contributed by atoms with E-state index in [4.69, 9.17) is 4.74 Å². The highest BCUT2D eigenvalue weighted by Gasteiger charge is 2.26. The number of hydrogen-bond donors (Lipinski definition) is 1. The van der Waals surface area contributed by atoms with Crippen molar-refractivity contribution < 1.29 is 22.7 Å². The number of amides is 1. The van der Waals surface area contributed by atoms with Crippen molar-refractivity contribution in [3.63, 3.8) is 0 Å². The van der Waals surface area contributed by atoms with E-state index in [9.17, 15) is 18.0 Å². The summed E-state index contributed by atoms with van der Waals surface area (Å²) in [6.45, 7) is 4.07. The molecule has 0 aromatic heterocycles. The van der Waals surface area contributed by atoms with Crippen molar-refractivity contribution in [2.75, 3.05) is 25.0 Å². The van der Waals surface area contributed by atoms with Crippen LogP contribution in [0.4, 0.5) is 5.69 Å². The molecule has 32 heavy (non-hydrogen) atoms. The number of anilines is 1. The molecule has 1 saturated heterocycles. The van der Waals surface area contributed by atoms with E-state index < -0.39 is 33.8 Å². The highest BCUT2D eigenvalue weighted by molar-refractivity contribution is 8.00. The minimum absolute atomic E-state index is 0.144. The molecule has 0 saturated carbocycles. The maximum atomic E-state index is 12.9. The zero-order valence-corrected chi connectivity index (χ0v) is 19.9. The number of thioether (sulfide) groups is 1. The van der Waals surface area contributed by atoms with Gasteiger partial charge in [0.15, 0.2) is 6.61 Å². The van der Waals surface area contributed by atoms with Crippen LogP contribution in [-0.2, 0) is 24.3 Å². The van der Waals surface area contributed by atoms with Crippen molar-refractivity contribution in [3.05, 3.63) is 54.1 Å². The molecule has 1 fully saturated rings. The van der Waals surface area contributed by atoms with Gasteiger partial charge in [0.2, 0.25) is 10.0 Å². The third-order valence-corrected chi connectivity index (χ3v) is 8.15. The molecular weight excluding hydrogens is 448 g/mol. The van der Waals surface area contributed by atoms with E-state index >= 15 is 0 Å². The number of aryl methyl sites for hydroxylation is 1. The molecule has 0 bridgehead atoms. The third kappa shape index (κ3) is 6.34. The lowest BCUT2D eigenvalue weighted by atomic mass is 10.2. The summed E-state index contributed by atoms with van der Waals surface area (Å²) in [6, 6.07) is 14.1. The second kappa shape index (κ2) is 11.0. The SMILES string of the molecule is Cc1ccc(S(=O)(=O)N2CCCCC2)cc1NC(=O)COC(=O)C(C)Sc1ccccc1. The zero-order valence-electron chi connectivity index (χ0n) is 18.2. The summed E-state index contributed by atoms with van der Waals surface area (Å²) in [6.07, 6.45) is 2.73. The molecule has 1 aliphatic heterocycles. The number of carbonyl (C=O) groups is 2. The predicted octanol–water partition coefficient (Wildman–Crippen LogP) is 3.83. The van der Waals surface area contributed by atoms with Crippen molar-refractivity contribution in [2.24, 2.45) is 0 Å². The first-order valence-corrected chi connectivity index (χ1v) is 12.9. The summed E-state index contributed by atoms with van der Waals surface area (Å²) >= 11 is 1.35. The fraction of sp³-hybridized carbons (Fsp3) is 0.391. The molecule has 7 nitrogen and oxygen atoms in total. The van der Waals surface area contributed by atoms with E-state index in [1.54, 1.807) is 26.0 Å². The zero-order chi connectivity index (χ0) is 23.1. The molecule has 1 unspecified atom stereocenters. The lowest BCUT2D eigenvalue weighted by molar-refractivity contribution is -0.146. The van der Waals surface area contributed by atoms with Crippen LogP contribution in [0.25, 0.3) is 0 Å². The lowest BCUT2D eigenvalue weighted by Gasteiger charge is -2.26. The van der Waals surface area contributed by atoms with Gasteiger partial charge in [-0.1, -0.05) is 30.7 Å². The van der Waals surface area contributed by atoms with E-state index in [0.29, 0.717) is 18.8 Å². The van der Waals surface area contributed by atoms with Gasteiger partial charge >= 0.3 is 5.97 Å². The summed E-state index contributed by atoms with van der Waals surface area (Å²) in [5.74, 6) is -1.02. The Hall–Kier alpha value is -2.36. The van der Waals surface area contributed by atoms with Gasteiger partial charge in [0.1, 0.15) is 5.25 Å². The van der Waals surface area contributed by atoms with Gasteiger partial charge in [0, 0.05) is 23.7 Å². The van der Waals surface area contributed by atoms with Gasteiger partial charge in [-0.05, 0) is 56.5 Å². The summed E-state index contributed by atoms with van der Waals surface area (Å²) in [4.78, 5) is 25.7.